The molecule has 192 valence electrons. The van der Waals surface area contributed by atoms with E-state index in [1.807, 2.05) is 0 Å². The van der Waals surface area contributed by atoms with E-state index in [-0.39, 0.29) is 46.6 Å². The number of nitrogens with one attached hydrogen (secondary N) is 1. The summed E-state index contributed by atoms with van der Waals surface area (Å²) in [5.74, 6) is -0.809. The number of ether oxygens (including phenoxy) is 3. The lowest BCUT2D eigenvalue weighted by molar-refractivity contribution is -0.123. The molecular formula is C23H27N5O7S. The fraction of sp³-hybridized carbons (Fsp3) is 0.304. The Hall–Kier alpha value is -4.10. The molecule has 2 heterocycles. The number of furan rings is 1. The molecule has 0 saturated heterocycles. The zero-order valence-electron chi connectivity index (χ0n) is 20.2. The third-order valence-corrected chi connectivity index (χ3v) is 6.01. The van der Waals surface area contributed by atoms with Gasteiger partial charge in [0.1, 0.15) is 27.9 Å². The quantitative estimate of drug-likeness (QED) is 0.321. The number of carbonyl (C=O) groups is 3. The first kappa shape index (κ1) is 26.5. The SMILES string of the molecule is COCCNC(=O)[C@@H](c1ccc(C)o1)N(C(=O)c1snc(C(N)=O)c1N)c1cc(OC)ccc1OC. The first-order valence-electron chi connectivity index (χ1n) is 10.7. The fourth-order valence-electron chi connectivity index (χ4n) is 3.44. The molecule has 0 unspecified atom stereocenters. The van der Waals surface area contributed by atoms with Crippen molar-refractivity contribution in [2.75, 3.05) is 45.1 Å². The van der Waals surface area contributed by atoms with Crippen molar-refractivity contribution < 1.29 is 33.0 Å². The summed E-state index contributed by atoms with van der Waals surface area (Å²) in [5.41, 5.74) is 11.2. The molecular weight excluding hydrogens is 490 g/mol. The average Bonchev–Trinajstić information content (AvgIpc) is 3.46. The summed E-state index contributed by atoms with van der Waals surface area (Å²) < 4.78 is 25.6. The summed E-state index contributed by atoms with van der Waals surface area (Å²) in [7, 11) is 4.38. The molecule has 3 aromatic rings. The van der Waals surface area contributed by atoms with Gasteiger partial charge in [0.05, 0.1) is 32.2 Å². The number of hydrogen-bond donors (Lipinski definition) is 3. The Balaban J connectivity index is 2.26. The van der Waals surface area contributed by atoms with Gasteiger partial charge in [0.25, 0.3) is 17.7 Å². The van der Waals surface area contributed by atoms with Gasteiger partial charge in [0.2, 0.25) is 0 Å². The third kappa shape index (κ3) is 5.42. The molecule has 2 aromatic heterocycles. The van der Waals surface area contributed by atoms with Crippen molar-refractivity contribution in [2.45, 2.75) is 13.0 Å². The van der Waals surface area contributed by atoms with Crippen LogP contribution in [-0.2, 0) is 9.53 Å². The molecule has 0 radical (unpaired) electrons. The zero-order chi connectivity index (χ0) is 26.4. The monoisotopic (exact) mass is 517 g/mol. The maximum absolute atomic E-state index is 14.0. The Morgan fingerprint density at radius 3 is 2.47 bits per heavy atom. The van der Waals surface area contributed by atoms with E-state index in [1.54, 1.807) is 31.2 Å². The Labute approximate surface area is 211 Å². The standard InChI is InChI=1S/C23H27N5O7S/c1-12-5-7-16(35-12)19(22(30)26-9-10-32-2)28(14-11-13(33-3)6-8-15(14)34-4)23(31)20-17(24)18(21(25)29)27-36-20/h5-8,11,19H,9-10,24H2,1-4H3,(H2,25,29)(H,26,30)/t19-/m1/s1. The molecule has 0 aliphatic carbocycles. The third-order valence-electron chi connectivity index (χ3n) is 5.16. The minimum Gasteiger partial charge on any atom is -0.497 e. The first-order valence-corrected chi connectivity index (χ1v) is 11.4. The number of primary amides is 1. The number of methoxy groups -OCH3 is 3. The van der Waals surface area contributed by atoms with Gasteiger partial charge in [0, 0.05) is 19.7 Å². The van der Waals surface area contributed by atoms with Gasteiger partial charge in [0.15, 0.2) is 11.7 Å². The second-order valence-corrected chi connectivity index (χ2v) is 8.26. The van der Waals surface area contributed by atoms with E-state index in [0.717, 1.165) is 4.90 Å². The van der Waals surface area contributed by atoms with Gasteiger partial charge < -0.3 is 35.4 Å². The van der Waals surface area contributed by atoms with Crippen molar-refractivity contribution >= 4 is 40.6 Å². The van der Waals surface area contributed by atoms with E-state index in [9.17, 15) is 14.4 Å². The lowest BCUT2D eigenvalue weighted by Crippen LogP contribution is -2.44. The number of nitrogens with two attached hydrogens (primary N) is 2. The van der Waals surface area contributed by atoms with Crippen LogP contribution in [0.2, 0.25) is 0 Å². The van der Waals surface area contributed by atoms with Crippen molar-refractivity contribution in [3.63, 3.8) is 0 Å². The predicted octanol–water partition coefficient (Wildman–Crippen LogP) is 1.89. The molecule has 1 atom stereocenters. The molecule has 0 aliphatic rings. The van der Waals surface area contributed by atoms with Gasteiger partial charge in [-0.1, -0.05) is 0 Å². The Morgan fingerprint density at radius 2 is 1.92 bits per heavy atom. The van der Waals surface area contributed by atoms with E-state index < -0.39 is 23.8 Å². The molecule has 13 heteroatoms. The van der Waals surface area contributed by atoms with E-state index in [1.165, 1.54) is 27.4 Å². The minimum absolute atomic E-state index is 0.0911. The van der Waals surface area contributed by atoms with Gasteiger partial charge in [-0.15, -0.1) is 0 Å². The van der Waals surface area contributed by atoms with Crippen LogP contribution < -0.4 is 31.2 Å². The number of amides is 3. The number of aromatic nitrogens is 1. The van der Waals surface area contributed by atoms with E-state index in [4.69, 9.17) is 30.1 Å². The molecule has 12 nitrogen and oxygen atoms in total. The normalized spacial score (nSPS) is 11.6. The molecule has 3 rings (SSSR count). The maximum atomic E-state index is 14.0. The van der Waals surface area contributed by atoms with Crippen LogP contribution in [0.3, 0.4) is 0 Å². The van der Waals surface area contributed by atoms with Gasteiger partial charge in [-0.25, -0.2) is 0 Å². The Kier molecular flexibility index (Phi) is 8.51. The molecule has 0 aliphatic heterocycles. The molecule has 0 spiro atoms. The lowest BCUT2D eigenvalue weighted by Gasteiger charge is -2.31. The molecule has 5 N–H and O–H groups in total. The van der Waals surface area contributed by atoms with E-state index >= 15 is 0 Å². The number of nitrogen functional groups attached to an aromatic ring is 1. The Morgan fingerprint density at radius 1 is 1.17 bits per heavy atom. The summed E-state index contributed by atoms with van der Waals surface area (Å²) in [6.07, 6.45) is 0. The number of aryl methyl sites for hydroxylation is 1. The highest BCUT2D eigenvalue weighted by Gasteiger charge is 2.39. The molecule has 0 saturated carbocycles. The summed E-state index contributed by atoms with van der Waals surface area (Å²) in [6, 6.07) is 6.72. The lowest BCUT2D eigenvalue weighted by atomic mass is 10.1. The maximum Gasteiger partial charge on any atom is 0.273 e. The predicted molar refractivity (Wildman–Crippen MR) is 132 cm³/mol. The van der Waals surface area contributed by atoms with E-state index in [0.29, 0.717) is 23.0 Å². The number of rotatable bonds is 11. The largest absolute Gasteiger partial charge is 0.497 e. The topological polar surface area (TPSA) is 172 Å². The van der Waals surface area contributed by atoms with Crippen LogP contribution in [0.15, 0.2) is 34.7 Å². The van der Waals surface area contributed by atoms with Crippen LogP contribution >= 0.6 is 11.5 Å². The highest BCUT2D eigenvalue weighted by molar-refractivity contribution is 7.09. The smallest absolute Gasteiger partial charge is 0.273 e. The second kappa shape index (κ2) is 11.6. The molecule has 1 aromatic carbocycles. The van der Waals surface area contributed by atoms with Crippen molar-refractivity contribution in [2.24, 2.45) is 5.73 Å². The van der Waals surface area contributed by atoms with Gasteiger partial charge in [-0.2, -0.15) is 4.37 Å². The molecule has 3 amide bonds. The number of carbonyl (C=O) groups excluding carboxylic acids is 3. The number of nitrogens with zero attached hydrogens (tertiary/aromatic N) is 2. The van der Waals surface area contributed by atoms with Gasteiger partial charge in [-0.3, -0.25) is 19.3 Å². The van der Waals surface area contributed by atoms with Crippen LogP contribution in [-0.4, -0.2) is 56.6 Å². The molecule has 0 fully saturated rings. The summed E-state index contributed by atoms with van der Waals surface area (Å²) in [6.45, 7) is 2.13. The number of benzene rings is 1. The summed E-state index contributed by atoms with van der Waals surface area (Å²) >= 11 is 0.689. The van der Waals surface area contributed by atoms with Gasteiger partial charge >= 0.3 is 0 Å². The fourth-order valence-corrected chi connectivity index (χ4v) is 4.18. The summed E-state index contributed by atoms with van der Waals surface area (Å²) in [5, 5.41) is 2.74. The highest BCUT2D eigenvalue weighted by Crippen LogP contribution is 2.40. The van der Waals surface area contributed by atoms with Crippen LogP contribution in [0.5, 0.6) is 11.5 Å². The first-order chi connectivity index (χ1) is 17.2. The van der Waals surface area contributed by atoms with E-state index in [2.05, 4.69) is 9.69 Å². The minimum atomic E-state index is -1.30. The number of anilines is 2. The van der Waals surface area contributed by atoms with Crippen molar-refractivity contribution in [3.05, 3.63) is 52.4 Å². The molecule has 36 heavy (non-hydrogen) atoms. The van der Waals surface area contributed by atoms with Crippen molar-refractivity contribution in [1.29, 1.82) is 0 Å². The van der Waals surface area contributed by atoms with Crippen LogP contribution in [0.1, 0.15) is 37.7 Å². The zero-order valence-corrected chi connectivity index (χ0v) is 21.0. The van der Waals surface area contributed by atoms with Crippen LogP contribution in [0.25, 0.3) is 0 Å². The number of hydrogen-bond acceptors (Lipinski definition) is 10. The van der Waals surface area contributed by atoms with Crippen molar-refractivity contribution in [3.8, 4) is 11.5 Å². The van der Waals surface area contributed by atoms with Crippen LogP contribution in [0, 0.1) is 6.92 Å². The average molecular weight is 518 g/mol. The van der Waals surface area contributed by atoms with Crippen LogP contribution in [0.4, 0.5) is 11.4 Å². The molecule has 0 bridgehead atoms. The van der Waals surface area contributed by atoms with Crippen molar-refractivity contribution in [1.82, 2.24) is 9.69 Å². The van der Waals surface area contributed by atoms with Gasteiger partial charge in [-0.05, 0) is 42.7 Å². The summed E-state index contributed by atoms with van der Waals surface area (Å²) in [4.78, 5) is 40.4. The Bertz CT molecular complexity index is 1260. The second-order valence-electron chi connectivity index (χ2n) is 7.49. The highest BCUT2D eigenvalue weighted by atomic mass is 32.1.